The molecule has 80 valence electrons. The summed E-state index contributed by atoms with van der Waals surface area (Å²) in [4.78, 5) is 0. The van der Waals surface area contributed by atoms with Gasteiger partial charge in [-0.15, -0.1) is 0 Å². The van der Waals surface area contributed by atoms with E-state index in [-0.39, 0.29) is 0 Å². The van der Waals surface area contributed by atoms with Gasteiger partial charge in [0.15, 0.2) is 0 Å². The van der Waals surface area contributed by atoms with Crippen molar-refractivity contribution >= 4 is 30.0 Å². The number of hydrogen-bond acceptors (Lipinski definition) is 2. The lowest BCUT2D eigenvalue weighted by Gasteiger charge is -1.92. The molecule has 0 saturated heterocycles. The van der Waals surface area contributed by atoms with E-state index < -0.39 is 8.01 Å². The number of hydrogen-bond donors (Lipinski definition) is 0. The molecule has 0 saturated carbocycles. The maximum atomic E-state index is 5.78. The first-order valence-corrected chi connectivity index (χ1v) is 6.75. The highest BCUT2D eigenvalue weighted by atomic mass is 31.1. The lowest BCUT2D eigenvalue weighted by Crippen LogP contribution is -1.69. The second-order valence-electron chi connectivity index (χ2n) is 3.61. The monoisotopic (exact) mass is 230 g/mol. The smallest absolute Gasteiger partial charge is 0.213 e. The van der Waals surface area contributed by atoms with Gasteiger partial charge in [-0.2, -0.15) is 0 Å². The van der Waals surface area contributed by atoms with Crippen molar-refractivity contribution in [3.8, 4) is 0 Å². The normalized spacial score (nSPS) is 10.8. The molecule has 0 unspecified atom stereocenters. The first kappa shape index (κ1) is 9.56. The summed E-state index contributed by atoms with van der Waals surface area (Å²) in [5, 5.41) is 2.20. The molecule has 0 aliphatic rings. The first-order valence-electron chi connectivity index (χ1n) is 5.13. The molecule has 0 radical (unpaired) electrons. The molecule has 0 spiro atoms. The number of para-hydroxylation sites is 2. The van der Waals surface area contributed by atoms with E-state index in [0.717, 1.165) is 21.9 Å². The Morgan fingerprint density at radius 2 is 1.19 bits per heavy atom. The summed E-state index contributed by atoms with van der Waals surface area (Å²) < 4.78 is 11.6. The Kier molecular flexibility index (Phi) is 2.23. The summed E-state index contributed by atoms with van der Waals surface area (Å²) in [6.07, 6.45) is 0. The van der Waals surface area contributed by atoms with Crippen molar-refractivity contribution in [1.29, 1.82) is 0 Å². The van der Waals surface area contributed by atoms with Crippen LogP contribution in [0.15, 0.2) is 56.9 Å². The maximum absolute atomic E-state index is 5.78. The van der Waals surface area contributed by atoms with Gasteiger partial charge in [0, 0.05) is 17.4 Å². The van der Waals surface area contributed by atoms with E-state index in [2.05, 4.69) is 12.1 Å². The van der Waals surface area contributed by atoms with Crippen LogP contribution in [0.5, 0.6) is 0 Å². The summed E-state index contributed by atoms with van der Waals surface area (Å²) >= 11 is 0. The Hall–Kier alpha value is -1.66. The van der Waals surface area contributed by atoms with Crippen LogP contribution in [0.2, 0.25) is 0 Å². The summed E-state index contributed by atoms with van der Waals surface area (Å²) in [7, 11) is -0.891. The largest absolute Gasteiger partial charge is 0.419 e. The lowest BCUT2D eigenvalue weighted by atomic mass is 10.1. The fourth-order valence-electron chi connectivity index (χ4n) is 1.83. The van der Waals surface area contributed by atoms with Gasteiger partial charge in [-0.3, -0.25) is 0 Å². The average Bonchev–Trinajstić information content (AvgIpc) is 2.44. The summed E-state index contributed by atoms with van der Waals surface area (Å²) in [6, 6.07) is 16.1. The van der Waals surface area contributed by atoms with Crippen molar-refractivity contribution in [2.75, 3.05) is 0 Å². The Bertz CT molecular complexity index is 628. The molecule has 1 aromatic heterocycles. The molecule has 2 nitrogen and oxygen atoms in total. The zero-order valence-electron chi connectivity index (χ0n) is 8.88. The first-order chi connectivity index (χ1) is 7.84. The van der Waals surface area contributed by atoms with Gasteiger partial charge in [0.2, 0.25) is 8.01 Å². The fraction of sp³-hybridized carbons (Fsp3) is 0.0769. The van der Waals surface area contributed by atoms with E-state index in [0.29, 0.717) is 0 Å². The predicted octanol–water partition coefficient (Wildman–Crippen LogP) is 4.83. The van der Waals surface area contributed by atoms with E-state index in [4.69, 9.17) is 8.39 Å². The molecule has 2 aromatic carbocycles. The van der Waals surface area contributed by atoms with Crippen LogP contribution in [0.4, 0.5) is 0 Å². The van der Waals surface area contributed by atoms with Crippen molar-refractivity contribution < 1.29 is 8.39 Å². The third kappa shape index (κ3) is 1.52. The highest BCUT2D eigenvalue weighted by Crippen LogP contribution is 2.32. The molecular formula is C13H11O2P. The van der Waals surface area contributed by atoms with Crippen LogP contribution in [0, 0.1) is 0 Å². The highest BCUT2D eigenvalue weighted by molar-refractivity contribution is 7.35. The van der Waals surface area contributed by atoms with Gasteiger partial charge in [-0.25, -0.2) is 0 Å². The highest BCUT2D eigenvalue weighted by Gasteiger charge is 2.01. The van der Waals surface area contributed by atoms with Crippen LogP contribution in [0.3, 0.4) is 0 Å². The molecule has 3 rings (SSSR count). The lowest BCUT2D eigenvalue weighted by molar-refractivity contribution is 0.644. The number of benzene rings is 2. The molecule has 3 heteroatoms. The average molecular weight is 230 g/mol. The molecule has 0 aliphatic heterocycles. The van der Waals surface area contributed by atoms with E-state index in [9.17, 15) is 0 Å². The molecule has 0 aliphatic carbocycles. The van der Waals surface area contributed by atoms with Crippen molar-refractivity contribution in [1.82, 2.24) is 0 Å². The van der Waals surface area contributed by atoms with Gasteiger partial charge in [0.1, 0.15) is 11.2 Å². The SMILES string of the molecule is Cp1oc2ccccc2c2ccccc2o1. The molecular weight excluding hydrogens is 219 g/mol. The molecule has 0 atom stereocenters. The molecule has 3 aromatic rings. The Labute approximate surface area is 94.0 Å². The third-order valence-electron chi connectivity index (χ3n) is 2.52. The Morgan fingerprint density at radius 1 is 0.750 bits per heavy atom. The van der Waals surface area contributed by atoms with Crippen molar-refractivity contribution in [2.24, 2.45) is 6.66 Å². The minimum atomic E-state index is -0.891. The molecule has 0 amide bonds. The minimum Gasteiger partial charge on any atom is -0.419 e. The number of aryl methyl sites for hydroxylation is 1. The van der Waals surface area contributed by atoms with Crippen molar-refractivity contribution in [3.05, 3.63) is 48.5 Å². The fourth-order valence-corrected chi connectivity index (χ4v) is 2.74. The summed E-state index contributed by atoms with van der Waals surface area (Å²) in [6.45, 7) is 1.97. The molecule has 16 heavy (non-hydrogen) atoms. The van der Waals surface area contributed by atoms with Crippen LogP contribution < -0.4 is 0 Å². The topological polar surface area (TPSA) is 26.3 Å². The van der Waals surface area contributed by atoms with Crippen LogP contribution in [-0.2, 0) is 6.66 Å². The summed E-state index contributed by atoms with van der Waals surface area (Å²) in [5.74, 6) is 0. The van der Waals surface area contributed by atoms with E-state index in [1.165, 1.54) is 0 Å². The van der Waals surface area contributed by atoms with Crippen LogP contribution in [0.25, 0.3) is 21.9 Å². The second-order valence-corrected chi connectivity index (χ2v) is 4.86. The van der Waals surface area contributed by atoms with Gasteiger partial charge >= 0.3 is 0 Å². The van der Waals surface area contributed by atoms with Crippen LogP contribution in [0.1, 0.15) is 0 Å². The number of rotatable bonds is 0. The zero-order valence-corrected chi connectivity index (χ0v) is 9.78. The van der Waals surface area contributed by atoms with E-state index >= 15 is 0 Å². The predicted molar refractivity (Wildman–Crippen MR) is 67.3 cm³/mol. The van der Waals surface area contributed by atoms with Crippen LogP contribution >= 0.6 is 8.01 Å². The van der Waals surface area contributed by atoms with Gasteiger partial charge < -0.3 is 8.39 Å². The van der Waals surface area contributed by atoms with Gasteiger partial charge in [-0.1, -0.05) is 36.4 Å². The standard InChI is InChI=1S/C13H11O2P/c1-16-14-12-8-4-2-6-10(12)11-7-3-5-9-13(11)15-16/h2-9H,1H3. The van der Waals surface area contributed by atoms with Gasteiger partial charge in [0.25, 0.3) is 0 Å². The molecule has 0 N–H and O–H groups in total. The maximum Gasteiger partial charge on any atom is 0.213 e. The summed E-state index contributed by atoms with van der Waals surface area (Å²) in [5.41, 5.74) is 1.81. The van der Waals surface area contributed by atoms with Crippen LogP contribution in [-0.4, -0.2) is 0 Å². The molecule has 0 fully saturated rings. The third-order valence-corrected chi connectivity index (χ3v) is 3.43. The molecule has 0 bridgehead atoms. The Morgan fingerprint density at radius 3 is 1.69 bits per heavy atom. The minimum absolute atomic E-state index is 0.891. The van der Waals surface area contributed by atoms with E-state index in [1.54, 1.807) is 0 Å². The number of fused-ring (bicyclic) bond motifs is 3. The molecule has 1 heterocycles. The van der Waals surface area contributed by atoms with Crippen molar-refractivity contribution in [2.45, 2.75) is 0 Å². The van der Waals surface area contributed by atoms with Gasteiger partial charge in [-0.05, 0) is 12.1 Å². The zero-order chi connectivity index (χ0) is 11.0. The van der Waals surface area contributed by atoms with Gasteiger partial charge in [0.05, 0.1) is 0 Å². The Balaban J connectivity index is 2.66. The quantitative estimate of drug-likeness (QED) is 0.553. The van der Waals surface area contributed by atoms with E-state index in [1.807, 2.05) is 43.1 Å². The van der Waals surface area contributed by atoms with Crippen molar-refractivity contribution in [3.63, 3.8) is 0 Å². The second kappa shape index (κ2) is 3.73.